The summed E-state index contributed by atoms with van der Waals surface area (Å²) in [7, 11) is 0. The molecule has 0 aromatic carbocycles. The second kappa shape index (κ2) is 2.27. The minimum absolute atomic E-state index is 0.0197. The van der Waals surface area contributed by atoms with Gasteiger partial charge in [-0.1, -0.05) is 25.9 Å². The molecule has 0 amide bonds. The molecule has 0 aliphatic heterocycles. The highest BCUT2D eigenvalue weighted by molar-refractivity contribution is 5.98. The molecule has 2 bridgehead atoms. The summed E-state index contributed by atoms with van der Waals surface area (Å²) >= 11 is 0. The third-order valence-corrected chi connectivity index (χ3v) is 4.73. The smallest absolute Gasteiger partial charge is 0.0804 e. The molecule has 2 aliphatic carbocycles. The number of hydrogen-bond acceptors (Lipinski definition) is 3. The molecular formula is C10H18N2O. The van der Waals surface area contributed by atoms with Gasteiger partial charge in [0.25, 0.3) is 0 Å². The van der Waals surface area contributed by atoms with E-state index in [2.05, 4.69) is 25.9 Å². The van der Waals surface area contributed by atoms with Crippen LogP contribution in [0.1, 0.15) is 33.6 Å². The van der Waals surface area contributed by atoms with Crippen molar-refractivity contribution in [2.45, 2.75) is 39.7 Å². The van der Waals surface area contributed by atoms with Crippen LogP contribution in [-0.2, 0) is 0 Å². The topological polar surface area (TPSA) is 58.6 Å². The minimum Gasteiger partial charge on any atom is -0.411 e. The van der Waals surface area contributed by atoms with Crippen molar-refractivity contribution in [3.05, 3.63) is 0 Å². The molecule has 2 aliphatic rings. The van der Waals surface area contributed by atoms with Gasteiger partial charge in [-0.25, -0.2) is 0 Å². The third-order valence-electron chi connectivity index (χ3n) is 4.73. The number of rotatable bonds is 0. The largest absolute Gasteiger partial charge is 0.411 e. The van der Waals surface area contributed by atoms with Crippen LogP contribution in [0.2, 0.25) is 0 Å². The maximum Gasteiger partial charge on any atom is 0.0804 e. The summed E-state index contributed by atoms with van der Waals surface area (Å²) < 4.78 is 0. The first-order valence-corrected chi connectivity index (χ1v) is 4.93. The van der Waals surface area contributed by atoms with Crippen LogP contribution < -0.4 is 5.73 Å². The van der Waals surface area contributed by atoms with Crippen molar-refractivity contribution >= 4 is 5.71 Å². The summed E-state index contributed by atoms with van der Waals surface area (Å²) in [6.07, 6.45) is 2.28. The molecule has 3 nitrogen and oxygen atoms in total. The molecule has 0 spiro atoms. The van der Waals surface area contributed by atoms with Gasteiger partial charge < -0.3 is 10.9 Å². The zero-order valence-corrected chi connectivity index (χ0v) is 8.54. The van der Waals surface area contributed by atoms with E-state index in [9.17, 15) is 0 Å². The van der Waals surface area contributed by atoms with Crippen molar-refractivity contribution in [2.24, 2.45) is 27.6 Å². The SMILES string of the molecule is CC1(C)[C@@H]2CC[C@@]1(C)/C(=N/O)[C@@H]2N. The number of fused-ring (bicyclic) bond motifs is 2. The Morgan fingerprint density at radius 2 is 2.08 bits per heavy atom. The highest BCUT2D eigenvalue weighted by Crippen LogP contribution is 2.63. The van der Waals surface area contributed by atoms with Gasteiger partial charge in [0.05, 0.1) is 11.8 Å². The van der Waals surface area contributed by atoms with Crippen LogP contribution in [0.25, 0.3) is 0 Å². The molecule has 3 atom stereocenters. The Balaban J connectivity index is 2.52. The van der Waals surface area contributed by atoms with E-state index in [-0.39, 0.29) is 16.9 Å². The normalized spacial score (nSPS) is 50.3. The lowest BCUT2D eigenvalue weighted by Crippen LogP contribution is -2.39. The Bertz CT molecular complexity index is 272. The molecule has 13 heavy (non-hydrogen) atoms. The van der Waals surface area contributed by atoms with Gasteiger partial charge in [0, 0.05) is 5.41 Å². The summed E-state index contributed by atoms with van der Waals surface area (Å²) in [4.78, 5) is 0. The molecular weight excluding hydrogens is 164 g/mol. The summed E-state index contributed by atoms with van der Waals surface area (Å²) in [5.41, 5.74) is 7.07. The van der Waals surface area contributed by atoms with E-state index in [1.165, 1.54) is 6.42 Å². The van der Waals surface area contributed by atoms with Crippen LogP contribution in [0.5, 0.6) is 0 Å². The number of nitrogens with zero attached hydrogens (tertiary/aromatic N) is 1. The second-order valence-electron chi connectivity index (χ2n) is 5.21. The molecule has 2 fully saturated rings. The summed E-state index contributed by atoms with van der Waals surface area (Å²) in [5, 5.41) is 12.4. The van der Waals surface area contributed by atoms with Crippen molar-refractivity contribution < 1.29 is 5.21 Å². The van der Waals surface area contributed by atoms with Crippen molar-refractivity contribution in [3.8, 4) is 0 Å². The Kier molecular flexibility index (Phi) is 1.57. The Morgan fingerprint density at radius 1 is 1.46 bits per heavy atom. The molecule has 0 aromatic heterocycles. The quantitative estimate of drug-likeness (QED) is 0.441. The molecule has 3 heteroatoms. The third kappa shape index (κ3) is 0.766. The van der Waals surface area contributed by atoms with Gasteiger partial charge in [-0.3, -0.25) is 0 Å². The predicted molar refractivity (Wildman–Crippen MR) is 51.8 cm³/mol. The second-order valence-corrected chi connectivity index (χ2v) is 5.21. The van der Waals surface area contributed by atoms with Crippen LogP contribution in [-0.4, -0.2) is 17.0 Å². The average Bonchev–Trinajstić information content (AvgIpc) is 2.32. The maximum atomic E-state index is 8.96. The van der Waals surface area contributed by atoms with Crippen molar-refractivity contribution in [1.82, 2.24) is 0 Å². The Labute approximate surface area is 79.0 Å². The molecule has 74 valence electrons. The van der Waals surface area contributed by atoms with Gasteiger partial charge >= 0.3 is 0 Å². The first-order valence-electron chi connectivity index (χ1n) is 4.93. The van der Waals surface area contributed by atoms with Crippen molar-refractivity contribution in [1.29, 1.82) is 0 Å². The summed E-state index contributed by atoms with van der Waals surface area (Å²) in [6.45, 7) is 6.65. The molecule has 0 saturated heterocycles. The fraction of sp³-hybridized carbons (Fsp3) is 0.900. The molecule has 0 heterocycles. The van der Waals surface area contributed by atoms with Gasteiger partial charge in [0.2, 0.25) is 0 Å². The van der Waals surface area contributed by atoms with Crippen LogP contribution >= 0.6 is 0 Å². The number of hydrogen-bond donors (Lipinski definition) is 2. The van der Waals surface area contributed by atoms with Gasteiger partial charge in [-0.15, -0.1) is 0 Å². The van der Waals surface area contributed by atoms with Crippen molar-refractivity contribution in [3.63, 3.8) is 0 Å². The fourth-order valence-electron chi connectivity index (χ4n) is 3.36. The lowest BCUT2D eigenvalue weighted by Gasteiger charge is -2.33. The first kappa shape index (κ1) is 9.00. The monoisotopic (exact) mass is 182 g/mol. The standard InChI is InChI=1S/C10H18N2O/c1-9(2)6-4-5-10(9,3)8(12-13)7(6)11/h6-7,13H,4-5,11H2,1-3H3/b12-8+/t6-,7-,10+/m1/s1. The van der Waals surface area contributed by atoms with Crippen LogP contribution in [0, 0.1) is 16.7 Å². The molecule has 2 saturated carbocycles. The van der Waals surface area contributed by atoms with Crippen LogP contribution in [0.3, 0.4) is 0 Å². The van der Waals surface area contributed by atoms with E-state index in [0.717, 1.165) is 12.1 Å². The maximum absolute atomic E-state index is 8.96. The Morgan fingerprint density at radius 3 is 2.38 bits per heavy atom. The molecule has 0 radical (unpaired) electrons. The van der Waals surface area contributed by atoms with E-state index >= 15 is 0 Å². The van der Waals surface area contributed by atoms with E-state index in [4.69, 9.17) is 10.9 Å². The molecule has 0 aromatic rings. The highest BCUT2D eigenvalue weighted by Gasteiger charge is 2.64. The van der Waals surface area contributed by atoms with Crippen LogP contribution in [0.4, 0.5) is 0 Å². The van der Waals surface area contributed by atoms with E-state index in [1.807, 2.05) is 0 Å². The van der Waals surface area contributed by atoms with Gasteiger partial charge in [-0.2, -0.15) is 0 Å². The van der Waals surface area contributed by atoms with Gasteiger partial charge in [0.15, 0.2) is 0 Å². The minimum atomic E-state index is -0.0289. The fourth-order valence-corrected chi connectivity index (χ4v) is 3.36. The lowest BCUT2D eigenvalue weighted by molar-refractivity contribution is 0.186. The Hall–Kier alpha value is -0.570. The van der Waals surface area contributed by atoms with Gasteiger partial charge in [-0.05, 0) is 24.2 Å². The van der Waals surface area contributed by atoms with Crippen LogP contribution in [0.15, 0.2) is 5.16 Å². The van der Waals surface area contributed by atoms with Gasteiger partial charge in [0.1, 0.15) is 0 Å². The number of oxime groups is 1. The number of nitrogens with two attached hydrogens (primary N) is 1. The average molecular weight is 182 g/mol. The van der Waals surface area contributed by atoms with E-state index in [0.29, 0.717) is 5.92 Å². The summed E-state index contributed by atoms with van der Waals surface area (Å²) in [5.74, 6) is 0.489. The predicted octanol–water partition coefficient (Wildman–Crippen LogP) is 1.60. The first-order chi connectivity index (χ1) is 5.95. The molecule has 0 unspecified atom stereocenters. The lowest BCUT2D eigenvalue weighted by atomic mass is 9.70. The van der Waals surface area contributed by atoms with E-state index in [1.54, 1.807) is 0 Å². The molecule has 3 N–H and O–H groups in total. The zero-order chi connectivity index (χ0) is 9.85. The van der Waals surface area contributed by atoms with E-state index < -0.39 is 0 Å². The molecule has 2 rings (SSSR count). The zero-order valence-electron chi connectivity index (χ0n) is 8.54. The van der Waals surface area contributed by atoms with Crippen molar-refractivity contribution in [2.75, 3.05) is 0 Å². The summed E-state index contributed by atoms with van der Waals surface area (Å²) in [6, 6.07) is -0.0289. The highest BCUT2D eigenvalue weighted by atomic mass is 16.4.